The molecule has 13 heteroatoms. The number of carbonyl (C=O) groups excluding carboxylic acids is 4. The Bertz CT molecular complexity index is 1150. The molecular formula is C25H36ClN7O4S. The van der Waals surface area contributed by atoms with E-state index in [0.29, 0.717) is 33.2 Å². The van der Waals surface area contributed by atoms with E-state index in [1.54, 1.807) is 4.90 Å². The average molecular weight is 566 g/mol. The predicted molar refractivity (Wildman–Crippen MR) is 150 cm³/mol. The number of fused-ring (bicyclic) bond motifs is 1. The zero-order chi connectivity index (χ0) is 28.4. The summed E-state index contributed by atoms with van der Waals surface area (Å²) in [5.74, 6) is -1.71. The van der Waals surface area contributed by atoms with E-state index in [4.69, 9.17) is 28.8 Å². The van der Waals surface area contributed by atoms with Crippen LogP contribution < -0.4 is 22.5 Å². The first-order valence-electron chi connectivity index (χ1n) is 12.2. The summed E-state index contributed by atoms with van der Waals surface area (Å²) in [5, 5.41) is 3.08. The Labute approximate surface area is 231 Å². The van der Waals surface area contributed by atoms with Gasteiger partial charge in [0.2, 0.25) is 5.91 Å². The maximum Gasteiger partial charge on any atom is 0.313 e. The average Bonchev–Trinajstić information content (AvgIpc) is 3.31. The number of primary amides is 2. The lowest BCUT2D eigenvalue weighted by Crippen LogP contribution is -2.30. The molecule has 0 atom stereocenters. The Morgan fingerprint density at radius 2 is 1.79 bits per heavy atom. The molecule has 0 unspecified atom stereocenters. The normalized spacial score (nSPS) is 15.1. The molecule has 1 fully saturated rings. The van der Waals surface area contributed by atoms with E-state index >= 15 is 0 Å². The van der Waals surface area contributed by atoms with Gasteiger partial charge in [-0.3, -0.25) is 19.2 Å². The Morgan fingerprint density at radius 3 is 2.34 bits per heavy atom. The van der Waals surface area contributed by atoms with Gasteiger partial charge in [-0.2, -0.15) is 0 Å². The number of likely N-dealkylation sites (N-methyl/N-ethyl adjacent to an activating group) is 1. The van der Waals surface area contributed by atoms with Gasteiger partial charge in [0, 0.05) is 50.1 Å². The molecular weight excluding hydrogens is 530 g/mol. The second-order valence-electron chi connectivity index (χ2n) is 9.36. The number of aromatic nitrogens is 1. The lowest BCUT2D eigenvalue weighted by atomic mass is 9.88. The van der Waals surface area contributed by atoms with Crippen LogP contribution in [0.5, 0.6) is 0 Å². The van der Waals surface area contributed by atoms with Crippen LogP contribution in [0.3, 0.4) is 0 Å². The summed E-state index contributed by atoms with van der Waals surface area (Å²) in [4.78, 5) is 52.9. The monoisotopic (exact) mass is 565 g/mol. The van der Waals surface area contributed by atoms with Gasteiger partial charge in [0.25, 0.3) is 5.91 Å². The summed E-state index contributed by atoms with van der Waals surface area (Å²) >= 11 is 7.07. The quantitative estimate of drug-likeness (QED) is 0.325. The summed E-state index contributed by atoms with van der Waals surface area (Å²) in [7, 11) is 5.75. The fourth-order valence-electron chi connectivity index (χ4n) is 3.96. The second-order valence-corrected chi connectivity index (χ2v) is 10.9. The maximum atomic E-state index is 11.4. The third-order valence-electron chi connectivity index (χ3n) is 6.01. The van der Waals surface area contributed by atoms with Crippen molar-refractivity contribution in [2.24, 2.45) is 17.4 Å². The van der Waals surface area contributed by atoms with E-state index in [-0.39, 0.29) is 0 Å². The first-order chi connectivity index (χ1) is 17.9. The molecule has 4 rings (SSSR count). The van der Waals surface area contributed by atoms with Gasteiger partial charge in [-0.1, -0.05) is 30.9 Å². The van der Waals surface area contributed by atoms with Gasteiger partial charge in [-0.05, 0) is 38.1 Å². The molecule has 2 aromatic rings. The number of nitrogen functional groups attached to an aromatic ring is 1. The zero-order valence-corrected chi connectivity index (χ0v) is 23.5. The first-order valence-corrected chi connectivity index (χ1v) is 13.4. The number of hydrogen-bond acceptors (Lipinski definition) is 8. The van der Waals surface area contributed by atoms with Crippen LogP contribution in [0, 0.1) is 5.92 Å². The van der Waals surface area contributed by atoms with E-state index in [1.807, 2.05) is 14.1 Å². The van der Waals surface area contributed by atoms with Crippen molar-refractivity contribution in [3.05, 3.63) is 38.8 Å². The van der Waals surface area contributed by atoms with E-state index in [9.17, 15) is 19.2 Å². The number of rotatable bonds is 3. The van der Waals surface area contributed by atoms with Gasteiger partial charge >= 0.3 is 11.8 Å². The van der Waals surface area contributed by atoms with Gasteiger partial charge in [0.1, 0.15) is 0 Å². The Hall–Kier alpha value is -3.22. The molecule has 1 aliphatic heterocycles. The minimum atomic E-state index is -1.06. The number of hydrogen-bond donors (Lipinski definition) is 4. The third kappa shape index (κ3) is 9.58. The summed E-state index contributed by atoms with van der Waals surface area (Å²) in [5.41, 5.74) is 17.1. The van der Waals surface area contributed by atoms with E-state index in [1.165, 1.54) is 53.7 Å². The summed E-state index contributed by atoms with van der Waals surface area (Å²) in [6.45, 7) is 1.90. The van der Waals surface area contributed by atoms with Crippen LogP contribution >= 0.6 is 22.9 Å². The largest absolute Gasteiger partial charge is 0.397 e. The smallest absolute Gasteiger partial charge is 0.313 e. The van der Waals surface area contributed by atoms with Crippen molar-refractivity contribution < 1.29 is 19.2 Å². The number of anilines is 2. The molecule has 1 aromatic carbocycles. The van der Waals surface area contributed by atoms with E-state index in [2.05, 4.69) is 22.2 Å². The molecule has 4 amide bonds. The maximum absolute atomic E-state index is 11.4. The SMILES string of the molecule is CN(C)C(=O)C1CCCCC1.CN1CCc2nc(C(N)=O)sc2C1.NC(=O)C(=O)Nc1ccc(Cl)c(N)c1. The minimum Gasteiger partial charge on any atom is -0.397 e. The molecule has 2 heterocycles. The molecule has 0 spiro atoms. The molecule has 2 aliphatic rings. The van der Waals surface area contributed by atoms with Crippen molar-refractivity contribution in [2.75, 3.05) is 38.7 Å². The van der Waals surface area contributed by atoms with Gasteiger partial charge < -0.3 is 32.3 Å². The van der Waals surface area contributed by atoms with Crippen molar-refractivity contribution >= 4 is 57.9 Å². The first kappa shape index (κ1) is 31.0. The molecule has 1 aromatic heterocycles. The molecule has 7 N–H and O–H groups in total. The molecule has 1 aliphatic carbocycles. The number of carbonyl (C=O) groups is 4. The van der Waals surface area contributed by atoms with Crippen molar-refractivity contribution in [3.8, 4) is 0 Å². The number of benzene rings is 1. The van der Waals surface area contributed by atoms with Crippen molar-refractivity contribution in [1.82, 2.24) is 14.8 Å². The van der Waals surface area contributed by atoms with Gasteiger partial charge in [-0.25, -0.2) is 4.98 Å². The van der Waals surface area contributed by atoms with Gasteiger partial charge in [-0.15, -0.1) is 11.3 Å². The Morgan fingerprint density at radius 1 is 1.13 bits per heavy atom. The molecule has 0 saturated heterocycles. The van der Waals surface area contributed by atoms with Crippen molar-refractivity contribution in [1.29, 1.82) is 0 Å². The van der Waals surface area contributed by atoms with E-state index in [0.717, 1.165) is 38.0 Å². The molecule has 38 heavy (non-hydrogen) atoms. The topological polar surface area (TPSA) is 178 Å². The zero-order valence-electron chi connectivity index (χ0n) is 22.0. The highest BCUT2D eigenvalue weighted by atomic mass is 35.5. The van der Waals surface area contributed by atoms with Crippen LogP contribution in [0.2, 0.25) is 5.02 Å². The molecule has 208 valence electrons. The van der Waals surface area contributed by atoms with Crippen LogP contribution in [0.1, 0.15) is 52.5 Å². The minimum absolute atomic E-state index is 0.314. The lowest BCUT2D eigenvalue weighted by Gasteiger charge is -2.23. The molecule has 11 nitrogen and oxygen atoms in total. The number of nitrogens with zero attached hydrogens (tertiary/aromatic N) is 3. The molecule has 0 radical (unpaired) electrons. The van der Waals surface area contributed by atoms with Crippen LogP contribution in [0.15, 0.2) is 18.2 Å². The van der Waals surface area contributed by atoms with Crippen LogP contribution in [0.4, 0.5) is 11.4 Å². The number of thiazole rings is 1. The summed E-state index contributed by atoms with van der Waals surface area (Å²) in [6.07, 6.45) is 6.94. The number of nitrogens with one attached hydrogen (secondary N) is 1. The number of nitrogens with two attached hydrogens (primary N) is 3. The van der Waals surface area contributed by atoms with Gasteiger partial charge in [0.15, 0.2) is 5.01 Å². The Balaban J connectivity index is 0.000000202. The van der Waals surface area contributed by atoms with Crippen molar-refractivity contribution in [2.45, 2.75) is 45.1 Å². The van der Waals surface area contributed by atoms with Crippen LogP contribution in [-0.2, 0) is 27.3 Å². The fourth-order valence-corrected chi connectivity index (χ4v) is 5.12. The Kier molecular flexibility index (Phi) is 11.9. The second kappa shape index (κ2) is 14.6. The standard InChI is InChI=1S/C9H17NO.C8H8ClN3O2.C8H11N3OS/c1-10(2)9(11)8-6-4-3-5-7-8;9-5-2-1-4(3-6(5)10)12-8(14)7(11)13;1-11-3-2-5-6(4-11)13-8(10-5)7(9)12/h8H,3-7H2,1-2H3;1-3H,10H2,(H2,11,13)(H,12,14);2-4H2,1H3,(H2,9,12). The molecule has 0 bridgehead atoms. The van der Waals surface area contributed by atoms with E-state index < -0.39 is 17.7 Å². The van der Waals surface area contributed by atoms with Gasteiger partial charge in [0.05, 0.1) is 16.4 Å². The van der Waals surface area contributed by atoms with Crippen LogP contribution in [-0.4, -0.2) is 66.1 Å². The highest BCUT2D eigenvalue weighted by Crippen LogP contribution is 2.25. The van der Waals surface area contributed by atoms with Crippen LogP contribution in [0.25, 0.3) is 0 Å². The third-order valence-corrected chi connectivity index (χ3v) is 7.45. The highest BCUT2D eigenvalue weighted by Gasteiger charge is 2.22. The summed E-state index contributed by atoms with van der Waals surface area (Å²) in [6, 6.07) is 4.45. The molecule has 1 saturated carbocycles. The summed E-state index contributed by atoms with van der Waals surface area (Å²) < 4.78 is 0. The fraction of sp³-hybridized carbons (Fsp3) is 0.480. The highest BCUT2D eigenvalue weighted by molar-refractivity contribution is 7.13. The van der Waals surface area contributed by atoms with Crippen molar-refractivity contribution in [3.63, 3.8) is 0 Å². The number of halogens is 1. The lowest BCUT2D eigenvalue weighted by molar-refractivity contribution is -0.134. The number of amides is 4. The predicted octanol–water partition coefficient (Wildman–Crippen LogP) is 2.23.